The van der Waals surface area contributed by atoms with Crippen molar-refractivity contribution in [2.75, 3.05) is 11.9 Å². The van der Waals surface area contributed by atoms with Crippen molar-refractivity contribution in [3.05, 3.63) is 29.2 Å². The highest BCUT2D eigenvalue weighted by Gasteiger charge is 2.16. The molecule has 5 nitrogen and oxygen atoms in total. The Bertz CT molecular complexity index is 605. The van der Waals surface area contributed by atoms with Crippen molar-refractivity contribution in [3.63, 3.8) is 0 Å². The molecule has 0 aliphatic carbocycles. The van der Waals surface area contributed by atoms with E-state index in [9.17, 15) is 0 Å². The Kier molecular flexibility index (Phi) is 4.83. The Hall–Kier alpha value is -2.04. The van der Waals surface area contributed by atoms with E-state index in [0.29, 0.717) is 17.6 Å². The van der Waals surface area contributed by atoms with E-state index >= 15 is 0 Å². The van der Waals surface area contributed by atoms with Gasteiger partial charge in [0.05, 0.1) is 0 Å². The van der Waals surface area contributed by atoms with E-state index in [4.69, 9.17) is 0 Å². The van der Waals surface area contributed by atoms with Gasteiger partial charge in [0, 0.05) is 30.2 Å². The lowest BCUT2D eigenvalue weighted by Crippen LogP contribution is -2.11. The summed E-state index contributed by atoms with van der Waals surface area (Å²) in [5.41, 5.74) is 3.18. The zero-order chi connectivity index (χ0) is 15.4. The quantitative estimate of drug-likeness (QED) is 0.911. The summed E-state index contributed by atoms with van der Waals surface area (Å²) in [6, 6.07) is 0. The molecule has 0 atom stereocenters. The summed E-state index contributed by atoms with van der Waals surface area (Å²) in [6.07, 6.45) is 4.63. The van der Waals surface area contributed by atoms with Crippen molar-refractivity contribution < 1.29 is 0 Å². The number of rotatable bonds is 5. The van der Waals surface area contributed by atoms with Crippen molar-refractivity contribution >= 4 is 5.82 Å². The maximum atomic E-state index is 4.64. The lowest BCUT2D eigenvalue weighted by molar-refractivity contribution is 0.824. The smallest absolute Gasteiger partial charge is 0.199 e. The zero-order valence-electron chi connectivity index (χ0n) is 13.4. The van der Waals surface area contributed by atoms with E-state index < -0.39 is 0 Å². The van der Waals surface area contributed by atoms with Gasteiger partial charge in [0.15, 0.2) is 11.6 Å². The molecule has 2 aromatic heterocycles. The summed E-state index contributed by atoms with van der Waals surface area (Å²) in [6.45, 7) is 11.3. The number of hydrogen-bond donors (Lipinski definition) is 1. The lowest BCUT2D eigenvalue weighted by Gasteiger charge is -2.16. The average molecular weight is 285 g/mol. The van der Waals surface area contributed by atoms with E-state index in [-0.39, 0.29) is 0 Å². The Morgan fingerprint density at radius 1 is 1.05 bits per heavy atom. The predicted molar refractivity (Wildman–Crippen MR) is 85.4 cm³/mol. The number of nitrogens with one attached hydrogen (secondary N) is 1. The molecule has 0 unspecified atom stereocenters. The number of anilines is 1. The normalized spacial score (nSPS) is 11.0. The maximum Gasteiger partial charge on any atom is 0.199 e. The molecule has 0 aliphatic heterocycles. The van der Waals surface area contributed by atoms with Gasteiger partial charge in [0.25, 0.3) is 0 Å². The van der Waals surface area contributed by atoms with Gasteiger partial charge in [-0.1, -0.05) is 20.8 Å². The van der Waals surface area contributed by atoms with Crippen LogP contribution in [-0.2, 0) is 0 Å². The van der Waals surface area contributed by atoms with Gasteiger partial charge in [0.2, 0.25) is 0 Å². The first-order valence-electron chi connectivity index (χ1n) is 7.44. The maximum absolute atomic E-state index is 4.64. The number of nitrogens with zero attached hydrogens (tertiary/aromatic N) is 4. The molecule has 2 rings (SSSR count). The summed E-state index contributed by atoms with van der Waals surface area (Å²) in [5.74, 6) is 2.42. The zero-order valence-corrected chi connectivity index (χ0v) is 13.4. The summed E-state index contributed by atoms with van der Waals surface area (Å²) in [4.78, 5) is 17.9. The summed E-state index contributed by atoms with van der Waals surface area (Å²) >= 11 is 0. The van der Waals surface area contributed by atoms with Gasteiger partial charge in [-0.25, -0.2) is 19.9 Å². The van der Waals surface area contributed by atoms with Crippen molar-refractivity contribution in [1.82, 2.24) is 19.9 Å². The second kappa shape index (κ2) is 6.61. The topological polar surface area (TPSA) is 63.6 Å². The van der Waals surface area contributed by atoms with Crippen LogP contribution in [0.15, 0.2) is 12.4 Å². The van der Waals surface area contributed by atoms with Crippen LogP contribution in [-0.4, -0.2) is 26.5 Å². The molecule has 0 radical (unpaired) electrons. The Labute approximate surface area is 126 Å². The van der Waals surface area contributed by atoms with Gasteiger partial charge >= 0.3 is 0 Å². The largest absolute Gasteiger partial charge is 0.370 e. The summed E-state index contributed by atoms with van der Waals surface area (Å²) < 4.78 is 0. The third-order valence-electron chi connectivity index (χ3n) is 3.24. The second-order valence-corrected chi connectivity index (χ2v) is 5.56. The summed E-state index contributed by atoms with van der Waals surface area (Å²) in [5, 5.41) is 3.40. The van der Waals surface area contributed by atoms with Gasteiger partial charge in [-0.15, -0.1) is 0 Å². The van der Waals surface area contributed by atoms with E-state index in [2.05, 4.69) is 46.0 Å². The Morgan fingerprint density at radius 2 is 1.71 bits per heavy atom. The molecule has 0 bridgehead atoms. The van der Waals surface area contributed by atoms with Gasteiger partial charge in [0.1, 0.15) is 5.82 Å². The van der Waals surface area contributed by atoms with Crippen LogP contribution in [0.2, 0.25) is 0 Å². The van der Waals surface area contributed by atoms with E-state index in [0.717, 1.165) is 30.0 Å². The molecular weight excluding hydrogens is 262 g/mol. The molecular formula is C16H23N5. The van der Waals surface area contributed by atoms with Crippen LogP contribution in [0.4, 0.5) is 5.82 Å². The highest BCUT2D eigenvalue weighted by molar-refractivity contribution is 5.55. The third-order valence-corrected chi connectivity index (χ3v) is 3.24. The molecule has 0 saturated carbocycles. The molecule has 1 N–H and O–H groups in total. The molecule has 0 fully saturated rings. The molecule has 0 saturated heterocycles. The molecule has 112 valence electrons. The molecule has 0 amide bonds. The lowest BCUT2D eigenvalue weighted by atomic mass is 10.0. The van der Waals surface area contributed by atoms with Crippen LogP contribution in [0.5, 0.6) is 0 Å². The van der Waals surface area contributed by atoms with Crippen LogP contribution in [0, 0.1) is 13.8 Å². The fourth-order valence-corrected chi connectivity index (χ4v) is 2.26. The minimum atomic E-state index is 0.373. The molecule has 0 aromatic carbocycles. The fraction of sp³-hybridized carbons (Fsp3) is 0.500. The van der Waals surface area contributed by atoms with Crippen molar-refractivity contribution in [2.45, 2.75) is 47.0 Å². The van der Waals surface area contributed by atoms with E-state index in [1.807, 2.05) is 13.8 Å². The third kappa shape index (κ3) is 3.54. The van der Waals surface area contributed by atoms with Crippen LogP contribution < -0.4 is 5.32 Å². The molecule has 21 heavy (non-hydrogen) atoms. The number of aromatic nitrogens is 4. The van der Waals surface area contributed by atoms with Gasteiger partial charge in [-0.05, 0) is 31.7 Å². The summed E-state index contributed by atoms with van der Waals surface area (Å²) in [7, 11) is 0. The highest BCUT2D eigenvalue weighted by atomic mass is 15.1. The Balaban J connectivity index is 2.48. The first-order valence-corrected chi connectivity index (χ1v) is 7.44. The molecule has 0 spiro atoms. The van der Waals surface area contributed by atoms with E-state index in [1.165, 1.54) is 5.56 Å². The molecule has 5 heteroatoms. The van der Waals surface area contributed by atoms with Crippen LogP contribution >= 0.6 is 0 Å². The first-order chi connectivity index (χ1) is 10.0. The van der Waals surface area contributed by atoms with Crippen molar-refractivity contribution in [3.8, 4) is 11.6 Å². The SMILES string of the molecule is CCCNc1nc(-c2ncc(C)cn2)nc(C)c1C(C)C. The monoisotopic (exact) mass is 285 g/mol. The fourth-order valence-electron chi connectivity index (χ4n) is 2.26. The van der Waals surface area contributed by atoms with Crippen LogP contribution in [0.1, 0.15) is 49.9 Å². The highest BCUT2D eigenvalue weighted by Crippen LogP contribution is 2.27. The van der Waals surface area contributed by atoms with Crippen molar-refractivity contribution in [1.29, 1.82) is 0 Å². The van der Waals surface area contributed by atoms with Gasteiger partial charge in [-0.2, -0.15) is 0 Å². The molecule has 0 aliphatic rings. The second-order valence-electron chi connectivity index (χ2n) is 5.56. The van der Waals surface area contributed by atoms with Gasteiger partial charge < -0.3 is 5.32 Å². The van der Waals surface area contributed by atoms with Crippen molar-refractivity contribution in [2.24, 2.45) is 0 Å². The van der Waals surface area contributed by atoms with Crippen LogP contribution in [0.3, 0.4) is 0 Å². The molecule has 2 aromatic rings. The van der Waals surface area contributed by atoms with Crippen LogP contribution in [0.25, 0.3) is 11.6 Å². The first kappa shape index (κ1) is 15.4. The average Bonchev–Trinajstić information content (AvgIpc) is 2.44. The molecule has 2 heterocycles. The van der Waals surface area contributed by atoms with Gasteiger partial charge in [-0.3, -0.25) is 0 Å². The standard InChI is InChI=1S/C16H23N5/c1-6-7-17-14-13(10(2)3)12(5)20-16(21-14)15-18-8-11(4)9-19-15/h8-10H,6-7H2,1-5H3,(H,17,20,21). The minimum Gasteiger partial charge on any atom is -0.370 e. The van der Waals surface area contributed by atoms with E-state index in [1.54, 1.807) is 12.4 Å². The number of hydrogen-bond acceptors (Lipinski definition) is 5. The predicted octanol–water partition coefficient (Wildman–Crippen LogP) is 3.50. The Morgan fingerprint density at radius 3 is 2.29 bits per heavy atom. The number of aryl methyl sites for hydroxylation is 2. The minimum absolute atomic E-state index is 0.373.